The Morgan fingerprint density at radius 3 is 1.79 bits per heavy atom. The molecule has 3 N–H and O–H groups in total. The first-order chi connectivity index (χ1) is 15.0. The van der Waals surface area contributed by atoms with Crippen LogP contribution in [0.1, 0.15) is 88.0 Å². The molecule has 0 spiro atoms. The minimum Gasteiger partial charge on any atom is -0.485 e. The van der Waals surface area contributed by atoms with Crippen molar-refractivity contribution in [3.8, 4) is 0 Å². The first kappa shape index (κ1) is 31.4. The lowest BCUT2D eigenvalue weighted by Gasteiger charge is -2.25. The van der Waals surface area contributed by atoms with Gasteiger partial charge in [-0.1, -0.05) is 20.8 Å². The van der Waals surface area contributed by atoms with Gasteiger partial charge >= 0.3 is 12.2 Å². The zero-order valence-corrected chi connectivity index (χ0v) is 22.8. The number of carbonyl (C=O) groups is 2. The van der Waals surface area contributed by atoms with E-state index in [9.17, 15) is 14.7 Å². The van der Waals surface area contributed by atoms with Crippen LogP contribution >= 0.6 is 12.2 Å². The Labute approximate surface area is 205 Å². The van der Waals surface area contributed by atoms with E-state index in [-0.39, 0.29) is 25.2 Å². The maximum Gasteiger partial charge on any atom is 0.407 e. The van der Waals surface area contributed by atoms with Crippen LogP contribution in [0.3, 0.4) is 0 Å². The Morgan fingerprint density at radius 2 is 1.36 bits per heavy atom. The van der Waals surface area contributed by atoms with Crippen LogP contribution in [0, 0.1) is 11.8 Å². The van der Waals surface area contributed by atoms with Crippen LogP contribution in [0.25, 0.3) is 0 Å². The number of hydrogen-bond acceptors (Lipinski definition) is 7. The smallest absolute Gasteiger partial charge is 0.407 e. The molecule has 9 heteroatoms. The average molecular weight is 491 g/mol. The summed E-state index contributed by atoms with van der Waals surface area (Å²) in [6, 6.07) is -0.593. The van der Waals surface area contributed by atoms with E-state index >= 15 is 0 Å². The maximum absolute atomic E-state index is 12.1. The molecule has 0 bridgehead atoms. The zero-order valence-electron chi connectivity index (χ0n) is 21.9. The number of rotatable bonds is 12. The fraction of sp³-hybridized carbons (Fsp3) is 0.875. The van der Waals surface area contributed by atoms with Crippen LogP contribution in [0.5, 0.6) is 0 Å². The van der Waals surface area contributed by atoms with E-state index in [2.05, 4.69) is 24.5 Å². The minimum absolute atomic E-state index is 0.169. The number of aliphatic hydroxyl groups is 1. The lowest BCUT2D eigenvalue weighted by molar-refractivity contribution is 0.0465. The number of ether oxygens (including phenoxy) is 3. The highest BCUT2D eigenvalue weighted by molar-refractivity contribution is 7.80. The molecule has 0 fully saturated rings. The molecule has 33 heavy (non-hydrogen) atoms. The van der Waals surface area contributed by atoms with Crippen LogP contribution in [0.4, 0.5) is 9.59 Å². The van der Waals surface area contributed by atoms with E-state index in [0.29, 0.717) is 23.8 Å². The number of hydrogen-bond donors (Lipinski definition) is 3. The Hall–Kier alpha value is -1.61. The summed E-state index contributed by atoms with van der Waals surface area (Å²) in [6.45, 7) is 17.1. The van der Waals surface area contributed by atoms with Crippen molar-refractivity contribution in [2.45, 2.75) is 111 Å². The Morgan fingerprint density at radius 1 is 0.879 bits per heavy atom. The van der Waals surface area contributed by atoms with Crippen LogP contribution in [-0.2, 0) is 14.2 Å². The minimum atomic E-state index is -0.592. The van der Waals surface area contributed by atoms with Gasteiger partial charge in [-0.15, -0.1) is 0 Å². The lowest BCUT2D eigenvalue weighted by Crippen LogP contribution is -2.42. The molecule has 2 amide bonds. The van der Waals surface area contributed by atoms with Crippen molar-refractivity contribution in [2.24, 2.45) is 11.8 Å². The SMILES string of the molecule is CC(C)C[C@@H](COC(=S)CCC(C)C[C@@H](CO)NC(=O)OC(C)(C)C)NC(=O)OC(C)(C)C. The summed E-state index contributed by atoms with van der Waals surface area (Å²) in [7, 11) is 0. The van der Waals surface area contributed by atoms with Gasteiger partial charge in [-0.2, -0.15) is 0 Å². The molecule has 0 aromatic heterocycles. The third-order valence-electron chi connectivity index (χ3n) is 4.39. The topological polar surface area (TPSA) is 106 Å². The quantitative estimate of drug-likeness (QED) is 0.332. The molecule has 0 rings (SSSR count). The summed E-state index contributed by atoms with van der Waals surface area (Å²) in [4.78, 5) is 24.0. The van der Waals surface area contributed by atoms with Gasteiger partial charge in [0.05, 0.1) is 18.7 Å². The number of alkyl carbamates (subject to hydrolysis) is 2. The highest BCUT2D eigenvalue weighted by Gasteiger charge is 2.22. The Kier molecular flexibility index (Phi) is 13.9. The van der Waals surface area contributed by atoms with Crippen molar-refractivity contribution in [1.29, 1.82) is 0 Å². The summed E-state index contributed by atoms with van der Waals surface area (Å²) in [5, 5.41) is 15.6. The van der Waals surface area contributed by atoms with E-state index in [1.165, 1.54) is 0 Å². The fourth-order valence-electron chi connectivity index (χ4n) is 3.10. The number of amides is 2. The highest BCUT2D eigenvalue weighted by atomic mass is 32.1. The Bertz CT molecular complexity index is 613. The van der Waals surface area contributed by atoms with Gasteiger partial charge in [-0.3, -0.25) is 0 Å². The van der Waals surface area contributed by atoms with Gasteiger partial charge in [0.2, 0.25) is 0 Å². The Balaban J connectivity index is 4.50. The second kappa shape index (κ2) is 14.6. The molecule has 0 radical (unpaired) electrons. The predicted molar refractivity (Wildman–Crippen MR) is 134 cm³/mol. The number of carbonyl (C=O) groups excluding carboxylic acids is 2. The van der Waals surface area contributed by atoms with Crippen molar-refractivity contribution >= 4 is 29.5 Å². The molecule has 1 unspecified atom stereocenters. The molecule has 0 saturated carbocycles. The molecular formula is C24H46N2O6S. The summed E-state index contributed by atoms with van der Waals surface area (Å²) < 4.78 is 16.3. The normalized spacial score (nSPS) is 14.8. The largest absolute Gasteiger partial charge is 0.485 e. The first-order valence-electron chi connectivity index (χ1n) is 11.8. The summed E-state index contributed by atoms with van der Waals surface area (Å²) in [5.74, 6) is 0.569. The first-order valence-corrected chi connectivity index (χ1v) is 12.2. The summed E-state index contributed by atoms with van der Waals surface area (Å²) in [6.07, 6.45) is 1.65. The standard InChI is InChI=1S/C24H46N2O6S/c1-16(2)12-19(26-22(29)32-24(7,8)9)15-30-20(33)11-10-17(3)13-18(14-27)25-21(28)31-23(4,5)6/h16-19,27H,10-15H2,1-9H3,(H,25,28)(H,26,29)/t17?,18-,19-/m0/s1. The van der Waals surface area contributed by atoms with E-state index < -0.39 is 29.4 Å². The molecule has 8 nitrogen and oxygen atoms in total. The van der Waals surface area contributed by atoms with E-state index in [4.69, 9.17) is 26.4 Å². The second-order valence-electron chi connectivity index (χ2n) is 11.1. The molecule has 0 aliphatic heterocycles. The fourth-order valence-corrected chi connectivity index (χ4v) is 3.28. The maximum atomic E-state index is 12.1. The van der Waals surface area contributed by atoms with E-state index in [0.717, 1.165) is 12.8 Å². The van der Waals surface area contributed by atoms with Gasteiger partial charge in [0.15, 0.2) is 5.05 Å². The third-order valence-corrected chi connectivity index (χ3v) is 4.71. The van der Waals surface area contributed by atoms with E-state index in [1.54, 1.807) is 20.8 Å². The van der Waals surface area contributed by atoms with E-state index in [1.807, 2.05) is 27.7 Å². The van der Waals surface area contributed by atoms with Gasteiger partial charge in [0.1, 0.15) is 17.8 Å². The zero-order chi connectivity index (χ0) is 25.8. The molecule has 0 aliphatic carbocycles. The summed E-state index contributed by atoms with van der Waals surface area (Å²) in [5.41, 5.74) is -1.16. The number of thiocarbonyl (C=S) groups is 1. The lowest BCUT2D eigenvalue weighted by atomic mass is 9.97. The highest BCUT2D eigenvalue weighted by Crippen LogP contribution is 2.16. The van der Waals surface area contributed by atoms with Gasteiger partial charge in [0, 0.05) is 6.42 Å². The van der Waals surface area contributed by atoms with Crippen molar-refractivity contribution < 1.29 is 28.9 Å². The number of nitrogens with one attached hydrogen (secondary N) is 2. The van der Waals surface area contributed by atoms with Crippen molar-refractivity contribution in [2.75, 3.05) is 13.2 Å². The van der Waals surface area contributed by atoms with Crippen molar-refractivity contribution in [3.63, 3.8) is 0 Å². The van der Waals surface area contributed by atoms with Crippen LogP contribution in [0.15, 0.2) is 0 Å². The molecule has 194 valence electrons. The molecule has 0 heterocycles. The molecule has 0 aliphatic rings. The molecular weight excluding hydrogens is 444 g/mol. The molecule has 0 aromatic carbocycles. The van der Waals surface area contributed by atoms with Gasteiger partial charge in [0.25, 0.3) is 0 Å². The monoisotopic (exact) mass is 490 g/mol. The average Bonchev–Trinajstić information content (AvgIpc) is 2.60. The van der Waals surface area contributed by atoms with Crippen molar-refractivity contribution in [3.05, 3.63) is 0 Å². The molecule has 3 atom stereocenters. The molecule has 0 aromatic rings. The van der Waals surface area contributed by atoms with Gasteiger partial charge in [-0.25, -0.2) is 9.59 Å². The van der Waals surface area contributed by atoms with Crippen LogP contribution < -0.4 is 10.6 Å². The van der Waals surface area contributed by atoms with Crippen LogP contribution in [0.2, 0.25) is 0 Å². The second-order valence-corrected chi connectivity index (χ2v) is 11.5. The van der Waals surface area contributed by atoms with Crippen LogP contribution in [-0.4, -0.2) is 58.8 Å². The predicted octanol–water partition coefficient (Wildman–Crippen LogP) is 4.96. The van der Waals surface area contributed by atoms with Crippen molar-refractivity contribution in [1.82, 2.24) is 10.6 Å². The third kappa shape index (κ3) is 18.5. The number of aliphatic hydroxyl groups excluding tert-OH is 1. The summed E-state index contributed by atoms with van der Waals surface area (Å²) >= 11 is 5.37. The van der Waals surface area contributed by atoms with Gasteiger partial charge < -0.3 is 30.0 Å². The van der Waals surface area contributed by atoms with Gasteiger partial charge in [-0.05, 0) is 84.9 Å². The molecule has 0 saturated heterocycles.